The van der Waals surface area contributed by atoms with Gasteiger partial charge >= 0.3 is 6.18 Å². The SMILES string of the molecule is O=C(NCc1cc(-c2cccs2)n[nH]1)c1ccc(Cl)cc1C(F)(F)F. The first-order chi connectivity index (χ1) is 11.8. The molecule has 3 aromatic rings. The molecule has 1 amide bonds. The zero-order chi connectivity index (χ0) is 18.0. The second-order valence-electron chi connectivity index (χ2n) is 5.13. The average Bonchev–Trinajstić information content (AvgIpc) is 3.23. The molecule has 130 valence electrons. The molecule has 2 aromatic heterocycles. The van der Waals surface area contributed by atoms with Gasteiger partial charge in [-0.15, -0.1) is 11.3 Å². The lowest BCUT2D eigenvalue weighted by Crippen LogP contribution is -2.26. The summed E-state index contributed by atoms with van der Waals surface area (Å²) >= 11 is 7.12. The lowest BCUT2D eigenvalue weighted by molar-refractivity contribution is -0.137. The van der Waals surface area contributed by atoms with E-state index in [0.29, 0.717) is 11.4 Å². The van der Waals surface area contributed by atoms with E-state index in [9.17, 15) is 18.0 Å². The highest BCUT2D eigenvalue weighted by molar-refractivity contribution is 7.13. The summed E-state index contributed by atoms with van der Waals surface area (Å²) in [4.78, 5) is 13.1. The molecule has 4 nitrogen and oxygen atoms in total. The molecule has 3 rings (SSSR count). The van der Waals surface area contributed by atoms with Crippen molar-refractivity contribution in [1.82, 2.24) is 15.5 Å². The van der Waals surface area contributed by atoms with E-state index in [1.165, 1.54) is 17.4 Å². The standard InChI is InChI=1S/C16H11ClF3N3OS/c17-9-3-4-11(12(6-9)16(18,19)20)15(24)21-8-10-7-13(23-22-10)14-2-1-5-25-14/h1-7H,8H2,(H,21,24)(H,22,23). The number of nitrogens with zero attached hydrogens (tertiary/aromatic N) is 1. The molecule has 0 fully saturated rings. The molecule has 0 spiro atoms. The Balaban J connectivity index is 1.73. The number of rotatable bonds is 4. The molecule has 0 aliphatic rings. The monoisotopic (exact) mass is 385 g/mol. The summed E-state index contributed by atoms with van der Waals surface area (Å²) in [5, 5.41) is 11.1. The molecule has 0 saturated heterocycles. The van der Waals surface area contributed by atoms with Crippen LogP contribution in [0.15, 0.2) is 41.8 Å². The van der Waals surface area contributed by atoms with Crippen molar-refractivity contribution in [2.24, 2.45) is 0 Å². The first-order valence-electron chi connectivity index (χ1n) is 7.07. The zero-order valence-corrected chi connectivity index (χ0v) is 14.1. The Morgan fingerprint density at radius 3 is 2.76 bits per heavy atom. The molecule has 2 N–H and O–H groups in total. The van der Waals surface area contributed by atoms with Crippen LogP contribution in [-0.4, -0.2) is 16.1 Å². The number of aromatic nitrogens is 2. The third-order valence-electron chi connectivity index (χ3n) is 3.38. The number of halogens is 4. The normalized spacial score (nSPS) is 11.5. The smallest absolute Gasteiger partial charge is 0.346 e. The van der Waals surface area contributed by atoms with Gasteiger partial charge in [0.25, 0.3) is 5.91 Å². The largest absolute Gasteiger partial charge is 0.417 e. The van der Waals surface area contributed by atoms with Crippen LogP contribution in [0.5, 0.6) is 0 Å². The van der Waals surface area contributed by atoms with Gasteiger partial charge in [-0.05, 0) is 35.7 Å². The van der Waals surface area contributed by atoms with Crippen LogP contribution in [0.3, 0.4) is 0 Å². The number of carbonyl (C=O) groups excluding carboxylic acids is 1. The molecule has 2 heterocycles. The number of nitrogens with one attached hydrogen (secondary N) is 2. The van der Waals surface area contributed by atoms with Crippen LogP contribution in [0, 0.1) is 0 Å². The third kappa shape index (κ3) is 4.02. The molecule has 0 unspecified atom stereocenters. The second kappa shape index (κ2) is 6.89. The molecule has 0 saturated carbocycles. The molecule has 0 aliphatic heterocycles. The Morgan fingerprint density at radius 2 is 2.08 bits per heavy atom. The molecule has 0 aliphatic carbocycles. The third-order valence-corrected chi connectivity index (χ3v) is 4.50. The highest BCUT2D eigenvalue weighted by Crippen LogP contribution is 2.33. The van der Waals surface area contributed by atoms with E-state index in [2.05, 4.69) is 15.5 Å². The van der Waals surface area contributed by atoms with E-state index in [-0.39, 0.29) is 11.6 Å². The van der Waals surface area contributed by atoms with E-state index < -0.39 is 23.2 Å². The number of H-pyrrole nitrogens is 1. The zero-order valence-electron chi connectivity index (χ0n) is 12.5. The average molecular weight is 386 g/mol. The van der Waals surface area contributed by atoms with Crippen molar-refractivity contribution in [3.8, 4) is 10.6 Å². The Bertz CT molecular complexity index is 890. The van der Waals surface area contributed by atoms with E-state index >= 15 is 0 Å². The summed E-state index contributed by atoms with van der Waals surface area (Å²) in [6.07, 6.45) is -4.67. The quantitative estimate of drug-likeness (QED) is 0.681. The number of alkyl halides is 3. The van der Waals surface area contributed by atoms with E-state index in [1.54, 1.807) is 6.07 Å². The number of amides is 1. The van der Waals surface area contributed by atoms with Crippen molar-refractivity contribution in [3.63, 3.8) is 0 Å². The van der Waals surface area contributed by atoms with Crippen LogP contribution >= 0.6 is 22.9 Å². The van der Waals surface area contributed by atoms with Gasteiger partial charge in [0.05, 0.1) is 28.2 Å². The van der Waals surface area contributed by atoms with Gasteiger partial charge in [0, 0.05) is 5.02 Å². The predicted molar refractivity (Wildman–Crippen MR) is 89.5 cm³/mol. The summed E-state index contributed by atoms with van der Waals surface area (Å²) < 4.78 is 39.2. The summed E-state index contributed by atoms with van der Waals surface area (Å²) in [7, 11) is 0. The Labute approximate surface area is 149 Å². The fourth-order valence-electron chi connectivity index (χ4n) is 2.22. The van der Waals surface area contributed by atoms with Gasteiger partial charge in [0.15, 0.2) is 0 Å². The minimum atomic E-state index is -4.67. The van der Waals surface area contributed by atoms with Crippen molar-refractivity contribution in [3.05, 3.63) is 63.6 Å². The van der Waals surface area contributed by atoms with Crippen molar-refractivity contribution >= 4 is 28.8 Å². The van der Waals surface area contributed by atoms with Crippen LogP contribution in [-0.2, 0) is 12.7 Å². The van der Waals surface area contributed by atoms with Crippen LogP contribution in [0.1, 0.15) is 21.6 Å². The second-order valence-corrected chi connectivity index (χ2v) is 6.51. The fraction of sp³-hybridized carbons (Fsp3) is 0.125. The highest BCUT2D eigenvalue weighted by Gasteiger charge is 2.35. The van der Waals surface area contributed by atoms with Crippen LogP contribution in [0.2, 0.25) is 5.02 Å². The molecule has 0 atom stereocenters. The maximum atomic E-state index is 13.1. The van der Waals surface area contributed by atoms with Crippen molar-refractivity contribution in [1.29, 1.82) is 0 Å². The van der Waals surface area contributed by atoms with Gasteiger partial charge in [0.2, 0.25) is 0 Å². The van der Waals surface area contributed by atoms with Crippen molar-refractivity contribution < 1.29 is 18.0 Å². The maximum absolute atomic E-state index is 13.1. The molecule has 25 heavy (non-hydrogen) atoms. The summed E-state index contributed by atoms with van der Waals surface area (Å²) in [5.41, 5.74) is -0.253. The van der Waals surface area contributed by atoms with Crippen LogP contribution in [0.25, 0.3) is 10.6 Å². The molecular weight excluding hydrogens is 375 g/mol. The van der Waals surface area contributed by atoms with Crippen LogP contribution < -0.4 is 5.32 Å². The molecular formula is C16H11ClF3N3OS. The molecule has 0 bridgehead atoms. The number of aromatic amines is 1. The maximum Gasteiger partial charge on any atom is 0.417 e. The molecule has 1 aromatic carbocycles. The topological polar surface area (TPSA) is 57.8 Å². The summed E-state index contributed by atoms with van der Waals surface area (Å²) in [6, 6.07) is 8.56. The first kappa shape index (κ1) is 17.5. The van der Waals surface area contributed by atoms with Crippen molar-refractivity contribution in [2.45, 2.75) is 12.7 Å². The van der Waals surface area contributed by atoms with E-state index in [1.807, 2.05) is 17.5 Å². The van der Waals surface area contributed by atoms with Gasteiger partial charge in [-0.25, -0.2) is 0 Å². The fourth-order valence-corrected chi connectivity index (χ4v) is 3.08. The number of carbonyl (C=O) groups is 1. The van der Waals surface area contributed by atoms with Gasteiger partial charge in [-0.2, -0.15) is 18.3 Å². The minimum absolute atomic E-state index is 0.0249. The number of benzene rings is 1. The van der Waals surface area contributed by atoms with Crippen molar-refractivity contribution in [2.75, 3.05) is 0 Å². The number of hydrogen-bond donors (Lipinski definition) is 2. The summed E-state index contributed by atoms with van der Waals surface area (Å²) in [5.74, 6) is -0.837. The summed E-state index contributed by atoms with van der Waals surface area (Å²) in [6.45, 7) is 0.0249. The number of thiophene rings is 1. The Hall–Kier alpha value is -2.32. The van der Waals surface area contributed by atoms with E-state index in [0.717, 1.165) is 17.0 Å². The Morgan fingerprint density at radius 1 is 1.28 bits per heavy atom. The first-order valence-corrected chi connectivity index (χ1v) is 8.33. The minimum Gasteiger partial charge on any atom is -0.346 e. The lowest BCUT2D eigenvalue weighted by Gasteiger charge is -2.13. The predicted octanol–water partition coefficient (Wildman–Crippen LogP) is 4.74. The lowest BCUT2D eigenvalue weighted by atomic mass is 10.1. The highest BCUT2D eigenvalue weighted by atomic mass is 35.5. The number of hydrogen-bond acceptors (Lipinski definition) is 3. The Kier molecular flexibility index (Phi) is 4.82. The molecule has 9 heteroatoms. The van der Waals surface area contributed by atoms with Gasteiger partial charge in [-0.1, -0.05) is 17.7 Å². The van der Waals surface area contributed by atoms with Gasteiger partial charge in [0.1, 0.15) is 5.69 Å². The van der Waals surface area contributed by atoms with Gasteiger partial charge in [-0.3, -0.25) is 9.89 Å². The van der Waals surface area contributed by atoms with E-state index in [4.69, 9.17) is 11.6 Å². The van der Waals surface area contributed by atoms with Gasteiger partial charge < -0.3 is 5.32 Å². The van der Waals surface area contributed by atoms with Crippen LogP contribution in [0.4, 0.5) is 13.2 Å². The molecule has 0 radical (unpaired) electrons.